The first kappa shape index (κ1) is 17.2. The molecule has 1 heterocycles. The number of para-hydroxylation sites is 1. The molecule has 0 radical (unpaired) electrons. The zero-order valence-corrected chi connectivity index (χ0v) is 15.4. The minimum Gasteiger partial charge on any atom is -0.457 e. The first-order valence-electron chi connectivity index (χ1n) is 8.20. The molecule has 2 aromatic carbocycles. The van der Waals surface area contributed by atoms with Gasteiger partial charge in [0.15, 0.2) is 0 Å². The second-order valence-corrected chi connectivity index (χ2v) is 6.89. The van der Waals surface area contributed by atoms with Crippen molar-refractivity contribution in [2.75, 3.05) is 5.43 Å². The Labute approximate surface area is 152 Å². The van der Waals surface area contributed by atoms with Crippen LogP contribution >= 0.6 is 11.3 Å². The Hall–Kier alpha value is -2.66. The number of aromatic nitrogens is 1. The van der Waals surface area contributed by atoms with E-state index in [1.165, 1.54) is 16.9 Å². The van der Waals surface area contributed by atoms with Crippen molar-refractivity contribution in [2.24, 2.45) is 5.10 Å². The van der Waals surface area contributed by atoms with Gasteiger partial charge in [-0.3, -0.25) is 5.43 Å². The van der Waals surface area contributed by atoms with Crippen LogP contribution in [-0.2, 0) is 0 Å². The summed E-state index contributed by atoms with van der Waals surface area (Å²) < 4.78 is 6.02. The molecule has 1 N–H and O–H groups in total. The quantitative estimate of drug-likeness (QED) is 0.450. The molecule has 3 aromatic rings. The Bertz CT molecular complexity index is 853. The minimum absolute atomic E-state index is 0.508. The van der Waals surface area contributed by atoms with Crippen LogP contribution in [0.25, 0.3) is 0 Å². The largest absolute Gasteiger partial charge is 0.457 e. The van der Waals surface area contributed by atoms with E-state index in [4.69, 9.17) is 4.74 Å². The van der Waals surface area contributed by atoms with E-state index < -0.39 is 0 Å². The Morgan fingerprint density at radius 2 is 1.88 bits per heavy atom. The summed E-state index contributed by atoms with van der Waals surface area (Å²) in [5.74, 6) is 2.09. The standard InChI is InChI=1S/C20H21N3OS/c1-14(2)16-8-10-18(11-9-16)24-19-7-5-4-6-17(19)12-21-23-20-22-15(3)13-25-20/h4-14H,1-3H3,(H,22,23). The van der Waals surface area contributed by atoms with Crippen LogP contribution in [0, 0.1) is 6.92 Å². The topological polar surface area (TPSA) is 46.5 Å². The molecule has 5 heteroatoms. The number of hydrogen-bond donors (Lipinski definition) is 1. The van der Waals surface area contributed by atoms with E-state index in [0.717, 1.165) is 27.9 Å². The number of hydrogen-bond acceptors (Lipinski definition) is 5. The van der Waals surface area contributed by atoms with Gasteiger partial charge in [0.1, 0.15) is 11.5 Å². The molecular weight excluding hydrogens is 330 g/mol. The first-order chi connectivity index (χ1) is 12.1. The van der Waals surface area contributed by atoms with Crippen molar-refractivity contribution in [3.63, 3.8) is 0 Å². The highest BCUT2D eigenvalue weighted by molar-refractivity contribution is 7.13. The van der Waals surface area contributed by atoms with E-state index in [1.807, 2.05) is 48.7 Å². The summed E-state index contributed by atoms with van der Waals surface area (Å²) in [6, 6.07) is 16.0. The normalized spacial score (nSPS) is 11.2. The van der Waals surface area contributed by atoms with Gasteiger partial charge in [0, 0.05) is 10.9 Å². The average molecular weight is 351 g/mol. The molecule has 128 valence electrons. The second kappa shape index (κ2) is 7.94. The molecule has 0 bridgehead atoms. The Morgan fingerprint density at radius 3 is 2.56 bits per heavy atom. The van der Waals surface area contributed by atoms with Crippen LogP contribution in [0.3, 0.4) is 0 Å². The summed E-state index contributed by atoms with van der Waals surface area (Å²) >= 11 is 1.53. The van der Waals surface area contributed by atoms with Gasteiger partial charge in [-0.15, -0.1) is 11.3 Å². The molecule has 0 spiro atoms. The summed E-state index contributed by atoms with van der Waals surface area (Å²) in [7, 11) is 0. The molecule has 0 aliphatic carbocycles. The summed E-state index contributed by atoms with van der Waals surface area (Å²) in [4.78, 5) is 4.32. The number of benzene rings is 2. The Kier molecular flexibility index (Phi) is 5.46. The lowest BCUT2D eigenvalue weighted by molar-refractivity contribution is 0.481. The molecular formula is C20H21N3OS. The van der Waals surface area contributed by atoms with Gasteiger partial charge in [0.05, 0.1) is 11.9 Å². The zero-order valence-electron chi connectivity index (χ0n) is 14.6. The van der Waals surface area contributed by atoms with Crippen LogP contribution in [0.15, 0.2) is 59.0 Å². The third-order valence-electron chi connectivity index (χ3n) is 3.68. The number of anilines is 1. The molecule has 0 unspecified atom stereocenters. The van der Waals surface area contributed by atoms with Crippen LogP contribution in [0.5, 0.6) is 11.5 Å². The molecule has 0 aliphatic heterocycles. The van der Waals surface area contributed by atoms with Crippen molar-refractivity contribution in [1.29, 1.82) is 0 Å². The van der Waals surface area contributed by atoms with Gasteiger partial charge in [-0.1, -0.05) is 38.1 Å². The highest BCUT2D eigenvalue weighted by atomic mass is 32.1. The molecule has 25 heavy (non-hydrogen) atoms. The second-order valence-electron chi connectivity index (χ2n) is 6.03. The Morgan fingerprint density at radius 1 is 1.12 bits per heavy atom. The third kappa shape index (κ3) is 4.67. The highest BCUT2D eigenvalue weighted by Gasteiger charge is 2.04. The highest BCUT2D eigenvalue weighted by Crippen LogP contribution is 2.26. The number of ether oxygens (including phenoxy) is 1. The van der Waals surface area contributed by atoms with Crippen LogP contribution in [0.1, 0.15) is 36.6 Å². The molecule has 0 aliphatic rings. The number of rotatable bonds is 6. The lowest BCUT2D eigenvalue weighted by atomic mass is 10.0. The van der Waals surface area contributed by atoms with Gasteiger partial charge in [0.2, 0.25) is 5.13 Å². The molecule has 3 rings (SSSR count). The number of aryl methyl sites for hydroxylation is 1. The molecule has 0 saturated carbocycles. The van der Waals surface area contributed by atoms with Crippen LogP contribution in [-0.4, -0.2) is 11.2 Å². The van der Waals surface area contributed by atoms with E-state index >= 15 is 0 Å². The maximum absolute atomic E-state index is 6.02. The number of thiazole rings is 1. The van der Waals surface area contributed by atoms with Crippen LogP contribution in [0.4, 0.5) is 5.13 Å². The third-order valence-corrected chi connectivity index (χ3v) is 4.54. The zero-order chi connectivity index (χ0) is 17.6. The van der Waals surface area contributed by atoms with Crippen LogP contribution in [0.2, 0.25) is 0 Å². The molecule has 0 saturated heterocycles. The van der Waals surface area contributed by atoms with E-state index in [-0.39, 0.29) is 0 Å². The predicted octanol–water partition coefficient (Wildman–Crippen LogP) is 5.81. The number of hydrazone groups is 1. The van der Waals surface area contributed by atoms with Gasteiger partial charge in [0.25, 0.3) is 0 Å². The SMILES string of the molecule is Cc1csc(NN=Cc2ccccc2Oc2ccc(C(C)C)cc2)n1. The minimum atomic E-state index is 0.508. The van der Waals surface area contributed by atoms with E-state index in [1.54, 1.807) is 6.21 Å². The average Bonchev–Trinajstić information content (AvgIpc) is 3.02. The first-order valence-corrected chi connectivity index (χ1v) is 9.08. The lowest BCUT2D eigenvalue weighted by Crippen LogP contribution is -1.94. The van der Waals surface area contributed by atoms with Crippen molar-refractivity contribution >= 4 is 22.7 Å². The molecule has 0 fully saturated rings. The lowest BCUT2D eigenvalue weighted by Gasteiger charge is -2.10. The maximum atomic E-state index is 6.02. The van der Waals surface area contributed by atoms with Crippen molar-refractivity contribution in [3.05, 3.63) is 70.7 Å². The molecule has 1 aromatic heterocycles. The fourth-order valence-electron chi connectivity index (χ4n) is 2.29. The number of nitrogens with zero attached hydrogens (tertiary/aromatic N) is 2. The van der Waals surface area contributed by atoms with E-state index in [2.05, 4.69) is 41.5 Å². The van der Waals surface area contributed by atoms with Gasteiger partial charge in [-0.05, 0) is 42.7 Å². The molecule has 0 atom stereocenters. The fraction of sp³-hybridized carbons (Fsp3) is 0.200. The van der Waals surface area contributed by atoms with Crippen LogP contribution < -0.4 is 10.2 Å². The van der Waals surface area contributed by atoms with Gasteiger partial charge < -0.3 is 4.74 Å². The van der Waals surface area contributed by atoms with Crippen molar-refractivity contribution in [3.8, 4) is 11.5 Å². The summed E-state index contributed by atoms with van der Waals surface area (Å²) in [5, 5.41) is 7.01. The van der Waals surface area contributed by atoms with Gasteiger partial charge >= 0.3 is 0 Å². The molecule has 0 amide bonds. The monoisotopic (exact) mass is 351 g/mol. The van der Waals surface area contributed by atoms with E-state index in [0.29, 0.717) is 5.92 Å². The van der Waals surface area contributed by atoms with Crippen molar-refractivity contribution in [1.82, 2.24) is 4.98 Å². The summed E-state index contributed by atoms with van der Waals surface area (Å²) in [6.07, 6.45) is 1.74. The maximum Gasteiger partial charge on any atom is 0.203 e. The summed E-state index contributed by atoms with van der Waals surface area (Å²) in [5.41, 5.74) is 6.12. The van der Waals surface area contributed by atoms with Crippen molar-refractivity contribution < 1.29 is 4.74 Å². The smallest absolute Gasteiger partial charge is 0.203 e. The van der Waals surface area contributed by atoms with E-state index in [9.17, 15) is 0 Å². The summed E-state index contributed by atoms with van der Waals surface area (Å²) in [6.45, 7) is 6.32. The molecule has 4 nitrogen and oxygen atoms in total. The number of nitrogens with one attached hydrogen (secondary N) is 1. The Balaban J connectivity index is 1.71. The van der Waals surface area contributed by atoms with Gasteiger partial charge in [-0.2, -0.15) is 5.10 Å². The van der Waals surface area contributed by atoms with Gasteiger partial charge in [-0.25, -0.2) is 4.98 Å². The van der Waals surface area contributed by atoms with Crippen molar-refractivity contribution in [2.45, 2.75) is 26.7 Å². The fourth-order valence-corrected chi connectivity index (χ4v) is 2.93. The predicted molar refractivity (Wildman–Crippen MR) is 105 cm³/mol.